The summed E-state index contributed by atoms with van der Waals surface area (Å²) >= 11 is 0. The van der Waals surface area contributed by atoms with Crippen LogP contribution >= 0.6 is 0 Å². The summed E-state index contributed by atoms with van der Waals surface area (Å²) < 4.78 is 5.11. The van der Waals surface area contributed by atoms with Gasteiger partial charge in [0.2, 0.25) is 0 Å². The topological polar surface area (TPSA) is 23.3 Å². The fraction of sp³-hybridized carbons (Fsp3) is 1.00. The molecule has 59 valence electrons. The summed E-state index contributed by atoms with van der Waals surface area (Å²) in [7, 11) is 3.52. The molecule has 0 bridgehead atoms. The summed E-state index contributed by atoms with van der Waals surface area (Å²) in [6.07, 6.45) is 0.197. The van der Waals surface area contributed by atoms with Gasteiger partial charge in [-0.1, -0.05) is 13.8 Å². The molecule has 0 aromatic rings. The molecule has 0 aromatic heterocycles. The normalized spacial score (nSPS) is 14.1. The van der Waals surface area contributed by atoms with Crippen LogP contribution in [0.25, 0.3) is 5.32 Å². The molecule has 0 aromatic carbocycles. The summed E-state index contributed by atoms with van der Waals surface area (Å²) in [5.74, 6) is 0. The molecule has 0 N–H and O–H groups in total. The van der Waals surface area contributed by atoms with Crippen molar-refractivity contribution in [3.63, 3.8) is 0 Å². The van der Waals surface area contributed by atoms with Crippen molar-refractivity contribution < 1.29 is 37.4 Å². The van der Waals surface area contributed by atoms with Crippen LogP contribution in [0.5, 0.6) is 0 Å². The second-order valence-electron chi connectivity index (χ2n) is 2.76. The van der Waals surface area contributed by atoms with E-state index in [1.807, 2.05) is 14.0 Å². The van der Waals surface area contributed by atoms with E-state index >= 15 is 0 Å². The average Bonchev–Trinajstić information content (AvgIpc) is 1.86. The third-order valence-electron chi connectivity index (χ3n) is 1.92. The second-order valence-corrected chi connectivity index (χ2v) is 2.76. The van der Waals surface area contributed by atoms with Gasteiger partial charge in [0.25, 0.3) is 0 Å². The van der Waals surface area contributed by atoms with Crippen LogP contribution in [0.4, 0.5) is 0 Å². The van der Waals surface area contributed by atoms with E-state index in [1.165, 1.54) is 0 Å². The maximum atomic E-state index is 5.11. The van der Waals surface area contributed by atoms with Gasteiger partial charge < -0.3 is 10.1 Å². The summed E-state index contributed by atoms with van der Waals surface area (Å²) in [6, 6.07) is 0. The molecule has 0 heterocycles. The molecule has 2 nitrogen and oxygen atoms in total. The average molecular weight is 219 g/mol. The van der Waals surface area contributed by atoms with Crippen LogP contribution < -0.4 is 0 Å². The minimum Gasteiger partial charge on any atom is -0.658 e. The van der Waals surface area contributed by atoms with Crippen LogP contribution in [0.1, 0.15) is 20.8 Å². The quantitative estimate of drug-likeness (QED) is 0.709. The molecule has 1 atom stereocenters. The number of ether oxygens (including phenoxy) is 1. The minimum absolute atomic E-state index is 0. The van der Waals surface area contributed by atoms with Gasteiger partial charge in [-0.15, -0.1) is 5.54 Å². The van der Waals surface area contributed by atoms with Gasteiger partial charge in [0, 0.05) is 45.9 Å². The third-order valence-corrected chi connectivity index (χ3v) is 1.92. The Morgan fingerprint density at radius 3 is 1.90 bits per heavy atom. The van der Waals surface area contributed by atoms with E-state index in [4.69, 9.17) is 4.74 Å². The van der Waals surface area contributed by atoms with Crippen LogP contribution in [0, 0.1) is 0 Å². The molecule has 0 aliphatic rings. The third kappa shape index (κ3) is 4.02. The van der Waals surface area contributed by atoms with Crippen molar-refractivity contribution >= 4 is 0 Å². The van der Waals surface area contributed by atoms with Gasteiger partial charge in [0.15, 0.2) is 0 Å². The van der Waals surface area contributed by atoms with Crippen LogP contribution in [-0.4, -0.2) is 25.8 Å². The number of methoxy groups -OCH3 is 1. The molecule has 10 heavy (non-hydrogen) atoms. The predicted octanol–water partition coefficient (Wildman–Crippen LogP) is 1.80. The largest absolute Gasteiger partial charge is 0.658 e. The Labute approximate surface area is 89.0 Å². The fourth-order valence-electron chi connectivity index (χ4n) is 0.470. The zero-order valence-electron chi connectivity index (χ0n) is 7.51. The summed E-state index contributed by atoms with van der Waals surface area (Å²) in [5.41, 5.74) is -0.0469. The maximum absolute atomic E-state index is 5.11. The van der Waals surface area contributed by atoms with Crippen molar-refractivity contribution in [3.05, 3.63) is 5.32 Å². The van der Waals surface area contributed by atoms with E-state index in [0.29, 0.717) is 0 Å². The molecule has 0 saturated heterocycles. The van der Waals surface area contributed by atoms with Crippen LogP contribution in [-0.2, 0) is 37.4 Å². The molecule has 1 unspecified atom stereocenters. The van der Waals surface area contributed by atoms with E-state index in [1.54, 1.807) is 7.11 Å². The monoisotopic (exact) mass is 219 g/mol. The van der Waals surface area contributed by atoms with E-state index in [2.05, 4.69) is 19.2 Å². The molecule has 0 amide bonds. The second kappa shape index (κ2) is 5.65. The molecule has 1 radical (unpaired) electrons. The Morgan fingerprint density at radius 1 is 1.40 bits per heavy atom. The first-order valence-electron chi connectivity index (χ1n) is 3.18. The van der Waals surface area contributed by atoms with Gasteiger partial charge in [-0.25, -0.2) is 0 Å². The number of rotatable bonds is 3. The van der Waals surface area contributed by atoms with Gasteiger partial charge >= 0.3 is 0 Å². The Hall–Kier alpha value is 1.02. The minimum atomic E-state index is -0.0469. The van der Waals surface area contributed by atoms with E-state index < -0.39 is 0 Å². The summed E-state index contributed by atoms with van der Waals surface area (Å²) in [6.45, 7) is 6.13. The molecule has 0 rings (SSSR count). The van der Waals surface area contributed by atoms with Gasteiger partial charge in [0.1, 0.15) is 0 Å². The van der Waals surface area contributed by atoms with E-state index in [-0.39, 0.29) is 44.4 Å². The van der Waals surface area contributed by atoms with E-state index in [0.717, 1.165) is 0 Å². The van der Waals surface area contributed by atoms with Crippen molar-refractivity contribution in [2.75, 3.05) is 14.2 Å². The van der Waals surface area contributed by atoms with Crippen LogP contribution in [0.3, 0.4) is 0 Å². The van der Waals surface area contributed by atoms with Crippen molar-refractivity contribution in [1.82, 2.24) is 0 Å². The summed E-state index contributed by atoms with van der Waals surface area (Å²) in [5, 5.41) is 4.17. The first-order valence-corrected chi connectivity index (χ1v) is 3.18. The molecule has 0 saturated carbocycles. The number of likely N-dealkylation sites (N-methyl/N-ethyl adjacent to an activating group) is 1. The number of nitrogens with zero attached hydrogens (tertiary/aromatic N) is 1. The van der Waals surface area contributed by atoms with Crippen molar-refractivity contribution in [2.45, 2.75) is 32.4 Å². The Kier molecular flexibility index (Phi) is 7.68. The molecule has 0 aliphatic heterocycles. The first kappa shape index (κ1) is 13.6. The van der Waals surface area contributed by atoms with Crippen molar-refractivity contribution in [1.29, 1.82) is 0 Å². The number of hydrogen-bond donors (Lipinski definition) is 0. The molecule has 0 fully saturated rings. The molecule has 0 aliphatic carbocycles. The molecule has 3 heteroatoms. The first-order chi connectivity index (χ1) is 4.04. The zero-order valence-corrected chi connectivity index (χ0v) is 10.3. The SMILES string of the molecule is C[N-]C(C)(C)C(C)OC.[Y]. The summed E-state index contributed by atoms with van der Waals surface area (Å²) in [4.78, 5) is 0. The molecular formula is C7H16NOY-. The Morgan fingerprint density at radius 2 is 1.80 bits per heavy atom. The molecule has 0 spiro atoms. The predicted molar refractivity (Wildman–Crippen MR) is 39.8 cm³/mol. The van der Waals surface area contributed by atoms with Crippen LogP contribution in [0.15, 0.2) is 0 Å². The van der Waals surface area contributed by atoms with Crippen LogP contribution in [0.2, 0.25) is 0 Å². The van der Waals surface area contributed by atoms with Gasteiger partial charge in [-0.2, -0.15) is 7.05 Å². The van der Waals surface area contributed by atoms with Gasteiger partial charge in [-0.3, -0.25) is 0 Å². The Bertz CT molecular complexity index is 85.7. The standard InChI is InChI=1S/C7H16NO.Y/c1-6(9-5)7(2,3)8-4;/h6H,1-5H3;/q-1;. The Balaban J connectivity index is 0. The number of hydrogen-bond acceptors (Lipinski definition) is 1. The van der Waals surface area contributed by atoms with Crippen molar-refractivity contribution in [3.8, 4) is 0 Å². The van der Waals surface area contributed by atoms with Crippen molar-refractivity contribution in [2.24, 2.45) is 0 Å². The smallest absolute Gasteiger partial charge is 0.0406 e. The molecular weight excluding hydrogens is 203 g/mol. The van der Waals surface area contributed by atoms with Gasteiger partial charge in [0.05, 0.1) is 0 Å². The fourth-order valence-corrected chi connectivity index (χ4v) is 0.470. The van der Waals surface area contributed by atoms with Gasteiger partial charge in [-0.05, 0) is 6.92 Å². The zero-order chi connectivity index (χ0) is 7.49. The van der Waals surface area contributed by atoms with E-state index in [9.17, 15) is 0 Å². The maximum Gasteiger partial charge on any atom is 0.0406 e.